The maximum Gasteiger partial charge on any atom is 0.227 e. The number of carbonyl (C=O) groups excluding carboxylic acids is 1. The molecule has 1 aromatic heterocycles. The predicted octanol–water partition coefficient (Wildman–Crippen LogP) is 1.33. The van der Waals surface area contributed by atoms with Crippen LogP contribution in [-0.2, 0) is 4.79 Å². The van der Waals surface area contributed by atoms with Crippen LogP contribution in [0.5, 0.6) is 0 Å². The summed E-state index contributed by atoms with van der Waals surface area (Å²) in [7, 11) is 0. The molecule has 7 nitrogen and oxygen atoms in total. The molecule has 7 heteroatoms. The van der Waals surface area contributed by atoms with Crippen molar-refractivity contribution in [2.24, 2.45) is 11.0 Å². The van der Waals surface area contributed by atoms with Crippen LogP contribution >= 0.6 is 0 Å². The Morgan fingerprint density at radius 2 is 2.53 bits per heavy atom. The van der Waals surface area contributed by atoms with E-state index in [1.165, 1.54) is 0 Å². The van der Waals surface area contributed by atoms with Crippen molar-refractivity contribution in [3.63, 3.8) is 0 Å². The summed E-state index contributed by atoms with van der Waals surface area (Å²) in [6.45, 7) is 0.854. The summed E-state index contributed by atoms with van der Waals surface area (Å²) >= 11 is 0. The largest absolute Gasteiger partial charge is 0.382 e. The van der Waals surface area contributed by atoms with Crippen LogP contribution in [0.3, 0.4) is 0 Å². The average molecular weight is 232 g/mol. The zero-order valence-electron chi connectivity index (χ0n) is 9.15. The van der Waals surface area contributed by atoms with Gasteiger partial charge in [0.05, 0.1) is 5.69 Å². The minimum atomic E-state index is -0.0113. The number of aromatic nitrogens is 1. The van der Waals surface area contributed by atoms with Gasteiger partial charge in [-0.25, -0.2) is 4.98 Å². The second kappa shape index (κ2) is 4.71. The fraction of sp³-hybridized carbons (Fsp3) is 0.400. The molecular weight excluding hydrogens is 220 g/mol. The van der Waals surface area contributed by atoms with E-state index in [0.717, 1.165) is 0 Å². The molecule has 88 valence electrons. The molecule has 17 heavy (non-hydrogen) atoms. The molecule has 2 N–H and O–H groups in total. The summed E-state index contributed by atoms with van der Waals surface area (Å²) in [6, 6.07) is 3.50. The summed E-state index contributed by atoms with van der Waals surface area (Å²) in [5.74, 6) is 0.381. The van der Waals surface area contributed by atoms with E-state index in [0.29, 0.717) is 31.0 Å². The van der Waals surface area contributed by atoms with Gasteiger partial charge >= 0.3 is 0 Å². The highest BCUT2D eigenvalue weighted by Gasteiger charge is 2.31. The number of hydrogen-bond acceptors (Lipinski definition) is 4. The number of azide groups is 1. The number of amides is 1. The van der Waals surface area contributed by atoms with Crippen LogP contribution in [0.25, 0.3) is 10.4 Å². The summed E-state index contributed by atoms with van der Waals surface area (Å²) < 4.78 is 0. The fourth-order valence-corrected chi connectivity index (χ4v) is 1.93. The first-order valence-electron chi connectivity index (χ1n) is 5.24. The summed E-state index contributed by atoms with van der Waals surface area (Å²) in [5.41, 5.74) is 14.6. The lowest BCUT2D eigenvalue weighted by Crippen LogP contribution is -2.26. The highest BCUT2D eigenvalue weighted by molar-refractivity contribution is 5.97. The van der Waals surface area contributed by atoms with Crippen LogP contribution in [0, 0.1) is 5.92 Å². The Labute approximate surface area is 97.9 Å². The van der Waals surface area contributed by atoms with Gasteiger partial charge in [0.2, 0.25) is 5.91 Å². The highest BCUT2D eigenvalue weighted by Crippen LogP contribution is 2.28. The summed E-state index contributed by atoms with van der Waals surface area (Å²) in [4.78, 5) is 20.1. The van der Waals surface area contributed by atoms with Gasteiger partial charge < -0.3 is 10.6 Å². The van der Waals surface area contributed by atoms with E-state index >= 15 is 0 Å². The van der Waals surface area contributed by atoms with Crippen molar-refractivity contribution in [3.05, 3.63) is 28.8 Å². The van der Waals surface area contributed by atoms with Crippen molar-refractivity contribution in [3.8, 4) is 0 Å². The molecule has 2 rings (SSSR count). The van der Waals surface area contributed by atoms with Crippen LogP contribution < -0.4 is 10.6 Å². The van der Waals surface area contributed by atoms with E-state index in [4.69, 9.17) is 11.3 Å². The first kappa shape index (κ1) is 11.2. The minimum Gasteiger partial charge on any atom is -0.382 e. The molecule has 2 heterocycles. The van der Waals surface area contributed by atoms with Crippen molar-refractivity contribution in [1.29, 1.82) is 0 Å². The van der Waals surface area contributed by atoms with Gasteiger partial charge in [-0.15, -0.1) is 0 Å². The lowest BCUT2D eigenvalue weighted by Gasteiger charge is -2.17. The van der Waals surface area contributed by atoms with Crippen LogP contribution in [0.4, 0.5) is 11.5 Å². The first-order chi connectivity index (χ1) is 8.22. The maximum absolute atomic E-state index is 11.8. The number of nitrogen functional groups attached to an aromatic ring is 1. The Morgan fingerprint density at radius 3 is 3.24 bits per heavy atom. The lowest BCUT2D eigenvalue weighted by molar-refractivity contribution is -0.117. The molecule has 0 spiro atoms. The number of carbonyl (C=O) groups is 1. The summed E-state index contributed by atoms with van der Waals surface area (Å²) in [5, 5.41) is 3.49. The normalized spacial score (nSPS) is 19.2. The van der Waals surface area contributed by atoms with Crippen LogP contribution in [-0.4, -0.2) is 24.0 Å². The molecule has 0 bridgehead atoms. The monoisotopic (exact) mass is 232 g/mol. The van der Waals surface area contributed by atoms with Crippen molar-refractivity contribution < 1.29 is 4.79 Å². The molecular formula is C10H12N6O. The van der Waals surface area contributed by atoms with Gasteiger partial charge in [0.25, 0.3) is 0 Å². The Hall–Kier alpha value is -2.27. The van der Waals surface area contributed by atoms with Gasteiger partial charge in [0.15, 0.2) is 0 Å². The molecule has 1 aliphatic heterocycles. The standard InChI is InChI=1S/C10H12N6O/c11-10-8(2-1-3-13-10)16-6-7(4-9(16)17)5-14-15-12/h1-3,7H,4-6H2,(H2,11,13). The van der Waals surface area contributed by atoms with E-state index in [-0.39, 0.29) is 11.8 Å². The topological polar surface area (TPSA) is 108 Å². The van der Waals surface area contributed by atoms with E-state index < -0.39 is 0 Å². The van der Waals surface area contributed by atoms with Gasteiger partial charge in [-0.2, -0.15) is 0 Å². The van der Waals surface area contributed by atoms with Gasteiger partial charge in [0, 0.05) is 30.6 Å². The quantitative estimate of drug-likeness (QED) is 0.482. The first-order valence-corrected chi connectivity index (χ1v) is 5.24. The molecule has 0 aliphatic carbocycles. The van der Waals surface area contributed by atoms with Gasteiger partial charge in [-0.1, -0.05) is 5.11 Å². The molecule has 1 aromatic rings. The lowest BCUT2D eigenvalue weighted by atomic mass is 10.1. The van der Waals surface area contributed by atoms with Crippen molar-refractivity contribution in [2.45, 2.75) is 6.42 Å². The van der Waals surface area contributed by atoms with E-state index in [2.05, 4.69) is 15.0 Å². The molecule has 1 saturated heterocycles. The SMILES string of the molecule is [N-]=[N+]=NCC1CC(=O)N(c2cccnc2N)C1. The number of pyridine rings is 1. The molecule has 0 saturated carbocycles. The second-order valence-electron chi connectivity index (χ2n) is 3.90. The average Bonchev–Trinajstić information content (AvgIpc) is 2.68. The number of hydrogen-bond donors (Lipinski definition) is 1. The van der Waals surface area contributed by atoms with E-state index in [1.807, 2.05) is 0 Å². The predicted molar refractivity (Wildman–Crippen MR) is 63.1 cm³/mol. The number of nitrogens with two attached hydrogens (primary N) is 1. The third kappa shape index (κ3) is 2.29. The fourth-order valence-electron chi connectivity index (χ4n) is 1.93. The Bertz CT molecular complexity index is 481. The molecule has 1 amide bonds. The van der Waals surface area contributed by atoms with Crippen LogP contribution in [0.15, 0.2) is 23.4 Å². The molecule has 1 fully saturated rings. The Morgan fingerprint density at radius 1 is 1.71 bits per heavy atom. The number of nitrogens with zero attached hydrogens (tertiary/aromatic N) is 5. The number of anilines is 2. The third-order valence-electron chi connectivity index (χ3n) is 2.72. The molecule has 1 aliphatic rings. The van der Waals surface area contributed by atoms with Crippen molar-refractivity contribution >= 4 is 17.4 Å². The van der Waals surface area contributed by atoms with E-state index in [1.54, 1.807) is 23.2 Å². The van der Waals surface area contributed by atoms with Gasteiger partial charge in [-0.3, -0.25) is 4.79 Å². The zero-order valence-corrected chi connectivity index (χ0v) is 9.15. The van der Waals surface area contributed by atoms with Gasteiger partial charge in [-0.05, 0) is 23.6 Å². The number of rotatable bonds is 3. The van der Waals surface area contributed by atoms with Crippen LogP contribution in [0.1, 0.15) is 6.42 Å². The molecule has 0 radical (unpaired) electrons. The second-order valence-corrected chi connectivity index (χ2v) is 3.90. The molecule has 1 unspecified atom stereocenters. The summed E-state index contributed by atoms with van der Waals surface area (Å²) in [6.07, 6.45) is 1.96. The Balaban J connectivity index is 2.16. The zero-order chi connectivity index (χ0) is 12.3. The maximum atomic E-state index is 11.8. The molecule has 1 atom stereocenters. The smallest absolute Gasteiger partial charge is 0.227 e. The van der Waals surface area contributed by atoms with Crippen molar-refractivity contribution in [1.82, 2.24) is 4.98 Å². The Kier molecular flexibility index (Phi) is 3.11. The third-order valence-corrected chi connectivity index (χ3v) is 2.72. The van der Waals surface area contributed by atoms with E-state index in [9.17, 15) is 4.79 Å². The molecule has 0 aromatic carbocycles. The minimum absolute atomic E-state index is 0.0113. The van der Waals surface area contributed by atoms with Crippen molar-refractivity contribution in [2.75, 3.05) is 23.7 Å². The highest BCUT2D eigenvalue weighted by atomic mass is 16.2. The van der Waals surface area contributed by atoms with Crippen LogP contribution in [0.2, 0.25) is 0 Å². The van der Waals surface area contributed by atoms with Gasteiger partial charge in [0.1, 0.15) is 5.82 Å².